The fourth-order valence-electron chi connectivity index (χ4n) is 3.41. The molecule has 3 N–H and O–H groups in total. The van der Waals surface area contributed by atoms with Crippen molar-refractivity contribution in [3.8, 4) is 0 Å². The van der Waals surface area contributed by atoms with Crippen molar-refractivity contribution in [3.63, 3.8) is 0 Å². The lowest BCUT2D eigenvalue weighted by molar-refractivity contribution is 0.251. The third kappa shape index (κ3) is 3.53. The minimum atomic E-state index is -0.182. The number of rotatable bonds is 3. The van der Waals surface area contributed by atoms with Crippen molar-refractivity contribution in [2.45, 2.75) is 18.9 Å². The van der Waals surface area contributed by atoms with E-state index in [-0.39, 0.29) is 12.1 Å². The monoisotopic (exact) mass is 409 g/mol. The van der Waals surface area contributed by atoms with E-state index in [2.05, 4.69) is 50.1 Å². The molecule has 0 spiro atoms. The van der Waals surface area contributed by atoms with Gasteiger partial charge < -0.3 is 16.0 Å². The molecule has 0 bridgehead atoms. The molecule has 132 valence electrons. The topological polar surface area (TPSA) is 53.2 Å². The van der Waals surface area contributed by atoms with Crippen LogP contribution in [0.25, 0.3) is 10.8 Å². The maximum atomic E-state index is 12.4. The highest BCUT2D eigenvalue weighted by Crippen LogP contribution is 2.30. The van der Waals surface area contributed by atoms with Gasteiger partial charge in [0, 0.05) is 28.1 Å². The van der Waals surface area contributed by atoms with Crippen LogP contribution in [0.4, 0.5) is 16.2 Å². The average molecular weight is 410 g/mol. The van der Waals surface area contributed by atoms with Crippen LogP contribution >= 0.6 is 15.9 Å². The number of urea groups is 1. The molecule has 3 aromatic rings. The molecule has 0 saturated carbocycles. The van der Waals surface area contributed by atoms with Crippen LogP contribution < -0.4 is 16.0 Å². The molecule has 1 aliphatic rings. The Morgan fingerprint density at radius 3 is 2.69 bits per heavy atom. The quantitative estimate of drug-likeness (QED) is 0.559. The van der Waals surface area contributed by atoms with E-state index < -0.39 is 0 Å². The Balaban J connectivity index is 1.39. The molecule has 1 atom stereocenters. The molecule has 0 fully saturated rings. The normalized spacial score (nSPS) is 15.8. The molecule has 5 heteroatoms. The number of amides is 2. The van der Waals surface area contributed by atoms with Gasteiger partial charge in [0.15, 0.2) is 0 Å². The van der Waals surface area contributed by atoms with E-state index in [1.807, 2.05) is 42.5 Å². The fourth-order valence-corrected chi connectivity index (χ4v) is 3.89. The lowest BCUT2D eigenvalue weighted by Crippen LogP contribution is -2.40. The first-order valence-corrected chi connectivity index (χ1v) is 9.56. The summed E-state index contributed by atoms with van der Waals surface area (Å²) in [7, 11) is 0. The molecular formula is C21H20BrN3O. The summed E-state index contributed by atoms with van der Waals surface area (Å²) in [6.45, 7) is 0.592. The van der Waals surface area contributed by atoms with Crippen molar-refractivity contribution >= 4 is 44.1 Å². The van der Waals surface area contributed by atoms with Crippen LogP contribution in [0.5, 0.6) is 0 Å². The average Bonchev–Trinajstić information content (AvgIpc) is 2.68. The predicted octanol–water partition coefficient (Wildman–Crippen LogP) is 5.15. The summed E-state index contributed by atoms with van der Waals surface area (Å²) < 4.78 is 1.02. The van der Waals surface area contributed by atoms with Crippen molar-refractivity contribution in [2.24, 2.45) is 0 Å². The number of nitrogens with one attached hydrogen (secondary N) is 3. The first-order valence-electron chi connectivity index (χ1n) is 8.77. The minimum absolute atomic E-state index is 0.182. The second-order valence-electron chi connectivity index (χ2n) is 6.51. The van der Waals surface area contributed by atoms with Gasteiger partial charge in [-0.2, -0.15) is 0 Å². The summed E-state index contributed by atoms with van der Waals surface area (Å²) in [5.41, 5.74) is 3.32. The molecule has 1 unspecified atom stereocenters. The zero-order chi connectivity index (χ0) is 17.9. The van der Waals surface area contributed by atoms with Gasteiger partial charge in [0.05, 0.1) is 5.69 Å². The molecule has 0 aromatic heterocycles. The van der Waals surface area contributed by atoms with Gasteiger partial charge in [-0.1, -0.05) is 58.4 Å². The highest BCUT2D eigenvalue weighted by molar-refractivity contribution is 9.10. The van der Waals surface area contributed by atoms with Crippen LogP contribution in [0.2, 0.25) is 0 Å². The molecule has 4 rings (SSSR count). The maximum Gasteiger partial charge on any atom is 0.319 e. The first-order chi connectivity index (χ1) is 12.7. The third-order valence-corrected chi connectivity index (χ3v) is 5.46. The number of anilines is 2. The van der Waals surface area contributed by atoms with Gasteiger partial charge in [-0.25, -0.2) is 4.79 Å². The number of para-hydroxylation sites is 1. The molecule has 1 aliphatic heterocycles. The minimum Gasteiger partial charge on any atom is -0.380 e. The zero-order valence-electron chi connectivity index (χ0n) is 14.3. The van der Waals surface area contributed by atoms with Crippen molar-refractivity contribution in [3.05, 3.63) is 70.7 Å². The van der Waals surface area contributed by atoms with E-state index in [4.69, 9.17) is 0 Å². The standard InChI is InChI=1S/C21H20BrN3O/c22-18-11-12-20(17-7-3-2-6-16(17)18)25-21(26)23-13-15-10-9-14-5-1-4-8-19(14)24-15/h1-8,11-12,15,24H,9-10,13H2,(H2,23,25,26). The van der Waals surface area contributed by atoms with E-state index in [0.29, 0.717) is 6.54 Å². The number of benzene rings is 3. The van der Waals surface area contributed by atoms with E-state index >= 15 is 0 Å². The van der Waals surface area contributed by atoms with Crippen LogP contribution in [0, 0.1) is 0 Å². The van der Waals surface area contributed by atoms with Gasteiger partial charge in [0.1, 0.15) is 0 Å². The highest BCUT2D eigenvalue weighted by Gasteiger charge is 2.17. The summed E-state index contributed by atoms with van der Waals surface area (Å²) in [5, 5.41) is 11.6. The first kappa shape index (κ1) is 16.9. The van der Waals surface area contributed by atoms with Gasteiger partial charge >= 0.3 is 6.03 Å². The van der Waals surface area contributed by atoms with Gasteiger partial charge in [-0.05, 0) is 42.0 Å². The van der Waals surface area contributed by atoms with Crippen LogP contribution in [-0.4, -0.2) is 18.6 Å². The molecule has 26 heavy (non-hydrogen) atoms. The molecule has 3 aromatic carbocycles. The number of fused-ring (bicyclic) bond motifs is 2. The van der Waals surface area contributed by atoms with Crippen molar-refractivity contribution < 1.29 is 4.79 Å². The molecule has 0 radical (unpaired) electrons. The molecule has 0 aliphatic carbocycles. The summed E-state index contributed by atoms with van der Waals surface area (Å²) in [5.74, 6) is 0. The van der Waals surface area contributed by atoms with Crippen molar-refractivity contribution in [1.29, 1.82) is 0 Å². The Hall–Kier alpha value is -2.53. The van der Waals surface area contributed by atoms with Crippen LogP contribution in [0.15, 0.2) is 65.1 Å². The Morgan fingerprint density at radius 1 is 1.04 bits per heavy atom. The SMILES string of the molecule is O=C(NCC1CCc2ccccc2N1)Nc1ccc(Br)c2ccccc12. The lowest BCUT2D eigenvalue weighted by atomic mass is 9.98. The molecule has 4 nitrogen and oxygen atoms in total. The summed E-state index contributed by atoms with van der Waals surface area (Å²) >= 11 is 3.56. The summed E-state index contributed by atoms with van der Waals surface area (Å²) in [6.07, 6.45) is 2.05. The molecule has 0 saturated heterocycles. The number of aryl methyl sites for hydroxylation is 1. The van der Waals surface area contributed by atoms with E-state index in [1.165, 1.54) is 11.3 Å². The van der Waals surface area contributed by atoms with Crippen LogP contribution in [0.1, 0.15) is 12.0 Å². The molecular weight excluding hydrogens is 390 g/mol. The highest BCUT2D eigenvalue weighted by atomic mass is 79.9. The zero-order valence-corrected chi connectivity index (χ0v) is 15.8. The number of hydrogen-bond acceptors (Lipinski definition) is 2. The third-order valence-electron chi connectivity index (χ3n) is 4.77. The van der Waals surface area contributed by atoms with Crippen molar-refractivity contribution in [1.82, 2.24) is 5.32 Å². The lowest BCUT2D eigenvalue weighted by Gasteiger charge is -2.27. The number of hydrogen-bond donors (Lipinski definition) is 3. The Kier molecular flexibility index (Phi) is 4.80. The molecule has 1 heterocycles. The summed E-state index contributed by atoms with van der Waals surface area (Å²) in [4.78, 5) is 12.4. The Labute approximate surface area is 161 Å². The largest absolute Gasteiger partial charge is 0.380 e. The predicted molar refractivity (Wildman–Crippen MR) is 111 cm³/mol. The summed E-state index contributed by atoms with van der Waals surface area (Å²) in [6, 6.07) is 20.3. The number of halogens is 1. The smallest absolute Gasteiger partial charge is 0.319 e. The van der Waals surface area contributed by atoms with Crippen LogP contribution in [0.3, 0.4) is 0 Å². The Morgan fingerprint density at radius 2 is 1.81 bits per heavy atom. The molecule has 2 amide bonds. The fraction of sp³-hybridized carbons (Fsp3) is 0.190. The number of carbonyl (C=O) groups is 1. The van der Waals surface area contributed by atoms with Gasteiger partial charge in [0.2, 0.25) is 0 Å². The second-order valence-corrected chi connectivity index (χ2v) is 7.37. The second kappa shape index (κ2) is 7.38. The maximum absolute atomic E-state index is 12.4. The van der Waals surface area contributed by atoms with Crippen molar-refractivity contribution in [2.75, 3.05) is 17.2 Å². The van der Waals surface area contributed by atoms with Crippen LogP contribution in [-0.2, 0) is 6.42 Å². The van der Waals surface area contributed by atoms with E-state index in [9.17, 15) is 4.79 Å². The number of carbonyl (C=O) groups excluding carboxylic acids is 1. The van der Waals surface area contributed by atoms with Gasteiger partial charge in [0.25, 0.3) is 0 Å². The van der Waals surface area contributed by atoms with E-state index in [1.54, 1.807) is 0 Å². The van der Waals surface area contributed by atoms with E-state index in [0.717, 1.165) is 33.8 Å². The Bertz CT molecular complexity index is 957. The van der Waals surface area contributed by atoms with Gasteiger partial charge in [-0.3, -0.25) is 0 Å². The van der Waals surface area contributed by atoms with Gasteiger partial charge in [-0.15, -0.1) is 0 Å².